The first-order valence-corrected chi connectivity index (χ1v) is 6.48. The van der Waals surface area contributed by atoms with Crippen molar-refractivity contribution in [3.63, 3.8) is 0 Å². The highest BCUT2D eigenvalue weighted by Gasteiger charge is 2.25. The normalized spacial score (nSPS) is 11.7. The average Bonchev–Trinajstić information content (AvgIpc) is 2.82. The molecule has 0 fully saturated rings. The fourth-order valence-corrected chi connectivity index (χ4v) is 1.87. The summed E-state index contributed by atoms with van der Waals surface area (Å²) in [5, 5.41) is 4.02. The lowest BCUT2D eigenvalue weighted by atomic mass is 9.92. The summed E-state index contributed by atoms with van der Waals surface area (Å²) in [5.74, 6) is -0.0113. The average molecular weight is 260 g/mol. The van der Waals surface area contributed by atoms with Crippen LogP contribution in [0, 0.1) is 5.41 Å². The van der Waals surface area contributed by atoms with E-state index < -0.39 is 5.41 Å². The highest BCUT2D eigenvalue weighted by atomic mass is 16.3. The number of nitrogens with two attached hydrogens (primary N) is 1. The lowest BCUT2D eigenvalue weighted by molar-refractivity contribution is -0.128. The van der Waals surface area contributed by atoms with Gasteiger partial charge in [0.25, 0.3) is 0 Å². The molecule has 1 amide bonds. The van der Waals surface area contributed by atoms with Crippen LogP contribution in [0.5, 0.6) is 0 Å². The highest BCUT2D eigenvalue weighted by Crippen LogP contribution is 2.20. The van der Waals surface area contributed by atoms with Crippen molar-refractivity contribution in [3.8, 4) is 0 Å². The second-order valence-corrected chi connectivity index (χ2v) is 5.35. The van der Waals surface area contributed by atoms with Crippen LogP contribution in [-0.2, 0) is 11.2 Å². The number of furan rings is 1. The van der Waals surface area contributed by atoms with Gasteiger partial charge in [-0.15, -0.1) is 0 Å². The van der Waals surface area contributed by atoms with Gasteiger partial charge in [-0.2, -0.15) is 0 Å². The Bertz CT molecular complexity index is 572. The first-order valence-electron chi connectivity index (χ1n) is 6.48. The van der Waals surface area contributed by atoms with E-state index in [4.69, 9.17) is 10.2 Å². The fourth-order valence-electron chi connectivity index (χ4n) is 1.87. The van der Waals surface area contributed by atoms with Crippen LogP contribution in [0.3, 0.4) is 0 Å². The van der Waals surface area contributed by atoms with E-state index in [1.165, 1.54) is 0 Å². The van der Waals surface area contributed by atoms with Crippen LogP contribution >= 0.6 is 0 Å². The summed E-state index contributed by atoms with van der Waals surface area (Å²) >= 11 is 0. The molecule has 0 aliphatic carbocycles. The SMILES string of the molecule is CC(C)(CN)C(=O)NCCc1coc2ccccc12. The van der Waals surface area contributed by atoms with Crippen LogP contribution in [0.2, 0.25) is 0 Å². The summed E-state index contributed by atoms with van der Waals surface area (Å²) < 4.78 is 5.46. The second kappa shape index (κ2) is 5.45. The zero-order valence-electron chi connectivity index (χ0n) is 11.4. The van der Waals surface area contributed by atoms with Crippen molar-refractivity contribution >= 4 is 16.9 Å². The van der Waals surface area contributed by atoms with Gasteiger partial charge in [0, 0.05) is 18.5 Å². The molecule has 102 valence electrons. The van der Waals surface area contributed by atoms with Gasteiger partial charge in [0.15, 0.2) is 0 Å². The molecular weight excluding hydrogens is 240 g/mol. The van der Waals surface area contributed by atoms with Crippen molar-refractivity contribution in [2.75, 3.05) is 13.1 Å². The van der Waals surface area contributed by atoms with Crippen LogP contribution in [0.25, 0.3) is 11.0 Å². The number of para-hydroxylation sites is 1. The quantitative estimate of drug-likeness (QED) is 0.864. The topological polar surface area (TPSA) is 68.3 Å². The van der Waals surface area contributed by atoms with Crippen LogP contribution in [-0.4, -0.2) is 19.0 Å². The third-order valence-electron chi connectivity index (χ3n) is 3.37. The molecule has 1 heterocycles. The van der Waals surface area contributed by atoms with E-state index in [2.05, 4.69) is 5.32 Å². The van der Waals surface area contributed by atoms with Crippen LogP contribution in [0.4, 0.5) is 0 Å². The van der Waals surface area contributed by atoms with E-state index in [9.17, 15) is 4.79 Å². The second-order valence-electron chi connectivity index (χ2n) is 5.35. The Hall–Kier alpha value is -1.81. The summed E-state index contributed by atoms with van der Waals surface area (Å²) in [5.41, 5.74) is 7.05. The molecule has 2 aromatic rings. The van der Waals surface area contributed by atoms with Gasteiger partial charge in [-0.05, 0) is 31.9 Å². The van der Waals surface area contributed by atoms with Gasteiger partial charge < -0.3 is 15.5 Å². The van der Waals surface area contributed by atoms with Crippen LogP contribution in [0.15, 0.2) is 34.9 Å². The number of carbonyl (C=O) groups is 1. The zero-order chi connectivity index (χ0) is 13.9. The zero-order valence-corrected chi connectivity index (χ0v) is 11.4. The fraction of sp³-hybridized carbons (Fsp3) is 0.400. The predicted molar refractivity (Wildman–Crippen MR) is 75.8 cm³/mol. The maximum atomic E-state index is 11.9. The van der Waals surface area contributed by atoms with Crippen molar-refractivity contribution in [2.45, 2.75) is 20.3 Å². The molecule has 0 saturated carbocycles. The van der Waals surface area contributed by atoms with Gasteiger partial charge in [-0.1, -0.05) is 18.2 Å². The molecule has 0 saturated heterocycles. The first-order chi connectivity index (χ1) is 9.04. The van der Waals surface area contributed by atoms with Gasteiger partial charge >= 0.3 is 0 Å². The van der Waals surface area contributed by atoms with Gasteiger partial charge in [0.1, 0.15) is 5.58 Å². The van der Waals surface area contributed by atoms with Gasteiger partial charge in [0.2, 0.25) is 5.91 Å². The van der Waals surface area contributed by atoms with Crippen molar-refractivity contribution in [1.29, 1.82) is 0 Å². The summed E-state index contributed by atoms with van der Waals surface area (Å²) in [6.45, 7) is 4.62. The Kier molecular flexibility index (Phi) is 3.90. The molecular formula is C15H20N2O2. The summed E-state index contributed by atoms with van der Waals surface area (Å²) in [6.07, 6.45) is 2.51. The molecule has 1 aromatic heterocycles. The van der Waals surface area contributed by atoms with E-state index in [-0.39, 0.29) is 5.91 Å². The molecule has 2 rings (SSSR count). The standard InChI is InChI=1S/C15H20N2O2/c1-15(2,10-16)14(18)17-8-7-11-9-19-13-6-4-3-5-12(11)13/h3-6,9H,7-8,10,16H2,1-2H3,(H,17,18). The van der Waals surface area contributed by atoms with E-state index in [0.29, 0.717) is 13.1 Å². The number of hydrogen-bond donors (Lipinski definition) is 2. The molecule has 4 nitrogen and oxygen atoms in total. The molecule has 0 aliphatic heterocycles. The molecule has 0 bridgehead atoms. The van der Waals surface area contributed by atoms with Crippen molar-refractivity contribution in [2.24, 2.45) is 11.1 Å². The third kappa shape index (κ3) is 2.96. The maximum absolute atomic E-state index is 11.9. The van der Waals surface area contributed by atoms with Gasteiger partial charge in [0.05, 0.1) is 11.7 Å². The summed E-state index contributed by atoms with van der Waals surface area (Å²) in [6, 6.07) is 7.90. The molecule has 1 aromatic carbocycles. The summed E-state index contributed by atoms with van der Waals surface area (Å²) in [4.78, 5) is 11.9. The van der Waals surface area contributed by atoms with Crippen molar-refractivity contribution in [1.82, 2.24) is 5.32 Å². The van der Waals surface area contributed by atoms with Crippen molar-refractivity contribution < 1.29 is 9.21 Å². The largest absolute Gasteiger partial charge is 0.464 e. The molecule has 0 spiro atoms. The molecule has 0 radical (unpaired) electrons. The predicted octanol–water partition coefficient (Wildman–Crippen LogP) is 2.08. The van der Waals surface area contributed by atoms with E-state index in [0.717, 1.165) is 23.0 Å². The Morgan fingerprint density at radius 3 is 2.84 bits per heavy atom. The third-order valence-corrected chi connectivity index (χ3v) is 3.37. The Morgan fingerprint density at radius 1 is 1.37 bits per heavy atom. The number of benzene rings is 1. The Balaban J connectivity index is 1.95. The molecule has 0 aliphatic rings. The monoisotopic (exact) mass is 260 g/mol. The number of amides is 1. The van der Waals surface area contributed by atoms with E-state index in [1.54, 1.807) is 6.26 Å². The minimum Gasteiger partial charge on any atom is -0.464 e. The van der Waals surface area contributed by atoms with Crippen LogP contribution in [0.1, 0.15) is 19.4 Å². The minimum absolute atomic E-state index is 0.0113. The first kappa shape index (κ1) is 13.6. The van der Waals surface area contributed by atoms with Crippen molar-refractivity contribution in [3.05, 3.63) is 36.1 Å². The highest BCUT2D eigenvalue weighted by molar-refractivity contribution is 5.82. The molecule has 0 atom stereocenters. The Morgan fingerprint density at radius 2 is 2.11 bits per heavy atom. The van der Waals surface area contributed by atoms with Gasteiger partial charge in [-0.3, -0.25) is 4.79 Å². The number of nitrogens with one attached hydrogen (secondary N) is 1. The van der Waals surface area contributed by atoms with Gasteiger partial charge in [-0.25, -0.2) is 0 Å². The molecule has 0 unspecified atom stereocenters. The maximum Gasteiger partial charge on any atom is 0.226 e. The van der Waals surface area contributed by atoms with E-state index >= 15 is 0 Å². The molecule has 4 heteroatoms. The van der Waals surface area contributed by atoms with E-state index in [1.807, 2.05) is 38.1 Å². The smallest absolute Gasteiger partial charge is 0.226 e. The summed E-state index contributed by atoms with van der Waals surface area (Å²) in [7, 11) is 0. The molecule has 19 heavy (non-hydrogen) atoms. The number of carbonyl (C=O) groups excluding carboxylic acids is 1. The number of hydrogen-bond acceptors (Lipinski definition) is 3. The number of rotatable bonds is 5. The molecule has 3 N–H and O–H groups in total. The minimum atomic E-state index is -0.515. The lowest BCUT2D eigenvalue weighted by Gasteiger charge is -2.21. The number of fused-ring (bicyclic) bond motifs is 1. The Labute approximate surface area is 113 Å². The lowest BCUT2D eigenvalue weighted by Crippen LogP contribution is -2.42. The van der Waals surface area contributed by atoms with Crippen LogP contribution < -0.4 is 11.1 Å².